The Morgan fingerprint density at radius 1 is 1.09 bits per heavy atom. The van der Waals surface area contributed by atoms with E-state index in [1.165, 1.54) is 7.11 Å². The zero-order chi connectivity index (χ0) is 16.8. The van der Waals surface area contributed by atoms with E-state index < -0.39 is 0 Å². The number of nitrogens with one attached hydrogen (secondary N) is 1. The van der Waals surface area contributed by atoms with Crippen molar-refractivity contribution in [2.45, 2.75) is 0 Å². The zero-order valence-corrected chi connectivity index (χ0v) is 14.9. The molecule has 122 valence electrons. The van der Waals surface area contributed by atoms with Crippen molar-refractivity contribution in [3.8, 4) is 17.2 Å². The largest absolute Gasteiger partial charge is 0.493 e. The van der Waals surface area contributed by atoms with Gasteiger partial charge in [0.25, 0.3) is 5.91 Å². The lowest BCUT2D eigenvalue weighted by Gasteiger charge is -2.11. The van der Waals surface area contributed by atoms with Gasteiger partial charge in [0.15, 0.2) is 18.1 Å². The first-order chi connectivity index (χ1) is 11.0. The third-order valence-electron chi connectivity index (χ3n) is 2.92. The van der Waals surface area contributed by atoms with Crippen LogP contribution in [0, 0.1) is 0 Å². The highest BCUT2D eigenvalue weighted by molar-refractivity contribution is 9.10. The SMILES string of the molecule is COc1ccc(NC(=O)COc2ccc(Br)cc2Cl)cc1OC. The maximum atomic E-state index is 12.0. The number of carbonyl (C=O) groups excluding carboxylic acids is 1. The topological polar surface area (TPSA) is 56.8 Å². The van der Waals surface area contributed by atoms with Crippen molar-refractivity contribution in [1.29, 1.82) is 0 Å². The second-order valence-electron chi connectivity index (χ2n) is 4.48. The van der Waals surface area contributed by atoms with E-state index in [1.54, 1.807) is 43.5 Å². The second-order valence-corrected chi connectivity index (χ2v) is 5.80. The molecule has 0 bridgehead atoms. The quantitative estimate of drug-likeness (QED) is 0.792. The molecule has 2 rings (SSSR count). The van der Waals surface area contributed by atoms with Gasteiger partial charge >= 0.3 is 0 Å². The number of anilines is 1. The fourth-order valence-corrected chi connectivity index (χ4v) is 2.57. The molecule has 0 aliphatic carbocycles. The van der Waals surface area contributed by atoms with Gasteiger partial charge in [0.05, 0.1) is 19.2 Å². The average Bonchev–Trinajstić information content (AvgIpc) is 2.54. The van der Waals surface area contributed by atoms with Gasteiger partial charge in [-0.05, 0) is 30.3 Å². The lowest BCUT2D eigenvalue weighted by atomic mass is 10.2. The van der Waals surface area contributed by atoms with Crippen LogP contribution in [0.5, 0.6) is 17.2 Å². The molecule has 2 aromatic carbocycles. The van der Waals surface area contributed by atoms with Crippen LogP contribution in [0.2, 0.25) is 5.02 Å². The molecule has 7 heteroatoms. The van der Waals surface area contributed by atoms with E-state index in [-0.39, 0.29) is 12.5 Å². The summed E-state index contributed by atoms with van der Waals surface area (Å²) < 4.78 is 16.6. The van der Waals surface area contributed by atoms with Gasteiger partial charge in [-0.2, -0.15) is 0 Å². The predicted molar refractivity (Wildman–Crippen MR) is 92.8 cm³/mol. The van der Waals surface area contributed by atoms with Crippen LogP contribution in [-0.2, 0) is 4.79 Å². The summed E-state index contributed by atoms with van der Waals surface area (Å²) in [4.78, 5) is 12.0. The molecule has 0 saturated heterocycles. The van der Waals surface area contributed by atoms with Gasteiger partial charge in [-0.3, -0.25) is 4.79 Å². The van der Waals surface area contributed by atoms with Crippen molar-refractivity contribution >= 4 is 39.1 Å². The average molecular weight is 401 g/mol. The van der Waals surface area contributed by atoms with Gasteiger partial charge in [0.2, 0.25) is 0 Å². The maximum Gasteiger partial charge on any atom is 0.262 e. The minimum Gasteiger partial charge on any atom is -0.493 e. The molecule has 1 N–H and O–H groups in total. The molecule has 0 aliphatic rings. The highest BCUT2D eigenvalue weighted by atomic mass is 79.9. The summed E-state index contributed by atoms with van der Waals surface area (Å²) in [6.07, 6.45) is 0. The Morgan fingerprint density at radius 2 is 1.78 bits per heavy atom. The smallest absolute Gasteiger partial charge is 0.262 e. The van der Waals surface area contributed by atoms with Crippen molar-refractivity contribution in [1.82, 2.24) is 0 Å². The molecule has 0 heterocycles. The summed E-state index contributed by atoms with van der Waals surface area (Å²) in [5, 5.41) is 3.15. The molecular weight excluding hydrogens is 386 g/mol. The number of methoxy groups -OCH3 is 2. The number of hydrogen-bond acceptors (Lipinski definition) is 4. The fraction of sp³-hybridized carbons (Fsp3) is 0.188. The number of hydrogen-bond donors (Lipinski definition) is 1. The molecule has 23 heavy (non-hydrogen) atoms. The van der Waals surface area contributed by atoms with Crippen molar-refractivity contribution < 1.29 is 19.0 Å². The first kappa shape index (κ1) is 17.4. The van der Waals surface area contributed by atoms with Gasteiger partial charge in [-0.25, -0.2) is 0 Å². The van der Waals surface area contributed by atoms with Crippen molar-refractivity contribution in [3.63, 3.8) is 0 Å². The van der Waals surface area contributed by atoms with Crippen LogP contribution < -0.4 is 19.5 Å². The lowest BCUT2D eigenvalue weighted by molar-refractivity contribution is -0.118. The summed E-state index contributed by atoms with van der Waals surface area (Å²) in [5.74, 6) is 1.25. The van der Waals surface area contributed by atoms with E-state index in [9.17, 15) is 4.79 Å². The molecular formula is C16H15BrClNO4. The van der Waals surface area contributed by atoms with Gasteiger partial charge in [-0.1, -0.05) is 27.5 Å². The Hall–Kier alpha value is -1.92. The monoisotopic (exact) mass is 399 g/mol. The molecule has 5 nitrogen and oxygen atoms in total. The van der Waals surface area contributed by atoms with Gasteiger partial charge in [-0.15, -0.1) is 0 Å². The van der Waals surface area contributed by atoms with Crippen LogP contribution in [0.15, 0.2) is 40.9 Å². The van der Waals surface area contributed by atoms with E-state index in [1.807, 2.05) is 0 Å². The molecule has 0 aliphatic heterocycles. The molecule has 0 unspecified atom stereocenters. The summed E-state index contributed by atoms with van der Waals surface area (Å²) in [7, 11) is 3.08. The number of amides is 1. The Morgan fingerprint density at radius 3 is 2.43 bits per heavy atom. The van der Waals surface area contributed by atoms with E-state index in [4.69, 9.17) is 25.8 Å². The summed E-state index contributed by atoms with van der Waals surface area (Å²) in [6, 6.07) is 10.3. The molecule has 0 fully saturated rings. The van der Waals surface area contributed by atoms with Gasteiger partial charge < -0.3 is 19.5 Å². The third kappa shape index (κ3) is 4.77. The van der Waals surface area contributed by atoms with Crippen LogP contribution >= 0.6 is 27.5 Å². The van der Waals surface area contributed by atoms with Crippen LogP contribution in [0.1, 0.15) is 0 Å². The molecule has 0 spiro atoms. The first-order valence-electron chi connectivity index (χ1n) is 6.63. The van der Waals surface area contributed by atoms with E-state index in [2.05, 4.69) is 21.2 Å². The Balaban J connectivity index is 1.97. The molecule has 0 saturated carbocycles. The van der Waals surface area contributed by atoms with Gasteiger partial charge in [0.1, 0.15) is 5.75 Å². The second kappa shape index (κ2) is 8.08. The van der Waals surface area contributed by atoms with Crippen LogP contribution in [0.25, 0.3) is 0 Å². The number of carbonyl (C=O) groups is 1. The van der Waals surface area contributed by atoms with Crippen LogP contribution in [0.3, 0.4) is 0 Å². The van der Waals surface area contributed by atoms with Crippen molar-refractivity contribution in [2.24, 2.45) is 0 Å². The van der Waals surface area contributed by atoms with Crippen LogP contribution in [-0.4, -0.2) is 26.7 Å². The van der Waals surface area contributed by atoms with Gasteiger partial charge in [0, 0.05) is 16.2 Å². The summed E-state index contributed by atoms with van der Waals surface area (Å²) in [5.41, 5.74) is 0.582. The number of rotatable bonds is 6. The van der Waals surface area contributed by atoms with Crippen molar-refractivity contribution in [2.75, 3.05) is 26.1 Å². The highest BCUT2D eigenvalue weighted by Crippen LogP contribution is 2.30. The summed E-state index contributed by atoms with van der Waals surface area (Å²) in [6.45, 7) is -0.157. The predicted octanol–water partition coefficient (Wildman–Crippen LogP) is 4.14. The van der Waals surface area contributed by atoms with Crippen LogP contribution in [0.4, 0.5) is 5.69 Å². The normalized spacial score (nSPS) is 10.1. The fourth-order valence-electron chi connectivity index (χ4n) is 1.85. The highest BCUT2D eigenvalue weighted by Gasteiger charge is 2.09. The number of ether oxygens (including phenoxy) is 3. The minimum atomic E-state index is -0.309. The number of benzene rings is 2. The summed E-state index contributed by atoms with van der Waals surface area (Å²) >= 11 is 9.33. The number of halogens is 2. The Kier molecular flexibility index (Phi) is 6.12. The Labute approximate surface area is 147 Å². The lowest BCUT2D eigenvalue weighted by Crippen LogP contribution is -2.20. The van der Waals surface area contributed by atoms with E-state index >= 15 is 0 Å². The molecule has 0 aromatic heterocycles. The van der Waals surface area contributed by atoms with E-state index in [0.29, 0.717) is 28.0 Å². The zero-order valence-electron chi connectivity index (χ0n) is 12.6. The van der Waals surface area contributed by atoms with E-state index in [0.717, 1.165) is 4.47 Å². The first-order valence-corrected chi connectivity index (χ1v) is 7.80. The molecule has 0 atom stereocenters. The maximum absolute atomic E-state index is 12.0. The van der Waals surface area contributed by atoms with Crippen molar-refractivity contribution in [3.05, 3.63) is 45.9 Å². The molecule has 1 amide bonds. The Bertz CT molecular complexity index is 708. The molecule has 0 radical (unpaired) electrons. The minimum absolute atomic E-state index is 0.157. The third-order valence-corrected chi connectivity index (χ3v) is 3.71. The molecule has 2 aromatic rings. The standard InChI is InChI=1S/C16H15BrClNO4/c1-21-14-6-4-11(8-15(14)22-2)19-16(20)9-23-13-5-3-10(17)7-12(13)18/h3-8H,9H2,1-2H3,(H,19,20).